The smallest absolute Gasteiger partial charge is 0.246 e. The Morgan fingerprint density at radius 2 is 2.15 bits per heavy atom. The molecule has 2 aromatic rings. The van der Waals surface area contributed by atoms with Crippen molar-refractivity contribution in [3.8, 4) is 0 Å². The van der Waals surface area contributed by atoms with Crippen LogP contribution in [0.2, 0.25) is 0 Å². The first-order chi connectivity index (χ1) is 6.38. The molecule has 0 aromatic carbocycles. The Bertz CT molecular complexity index is 392. The molecule has 64 valence electrons. The molecule has 3 heteroatoms. The van der Waals surface area contributed by atoms with Gasteiger partial charge in [0, 0.05) is 6.20 Å². The predicted octanol–water partition coefficient (Wildman–Crippen LogP) is 1.91. The minimum atomic E-state index is -0.189. The van der Waals surface area contributed by atoms with Crippen molar-refractivity contribution in [1.29, 1.82) is 0 Å². The third-order valence-electron chi connectivity index (χ3n) is 1.64. The van der Waals surface area contributed by atoms with Crippen LogP contribution in [0.4, 0.5) is 0 Å². The number of furan rings is 1. The van der Waals surface area contributed by atoms with E-state index in [9.17, 15) is 4.79 Å². The standard InChI is InChI=1S/C10H7NO2/c12-10(9-5-3-7-13-9)8-4-1-2-6-11-8/h1-7H. The Morgan fingerprint density at radius 1 is 1.23 bits per heavy atom. The van der Waals surface area contributed by atoms with Gasteiger partial charge in [-0.25, -0.2) is 0 Å². The average molecular weight is 173 g/mol. The van der Waals surface area contributed by atoms with Crippen LogP contribution in [0.5, 0.6) is 0 Å². The van der Waals surface area contributed by atoms with Gasteiger partial charge in [0.15, 0.2) is 5.76 Å². The van der Waals surface area contributed by atoms with Crippen LogP contribution in [-0.2, 0) is 0 Å². The van der Waals surface area contributed by atoms with Crippen molar-refractivity contribution in [2.45, 2.75) is 0 Å². The zero-order chi connectivity index (χ0) is 9.10. The van der Waals surface area contributed by atoms with E-state index < -0.39 is 0 Å². The molecular weight excluding hydrogens is 166 g/mol. The lowest BCUT2D eigenvalue weighted by Gasteiger charge is -1.93. The molecule has 0 aliphatic heterocycles. The van der Waals surface area contributed by atoms with E-state index in [-0.39, 0.29) is 5.78 Å². The van der Waals surface area contributed by atoms with Gasteiger partial charge in [-0.1, -0.05) is 6.07 Å². The van der Waals surface area contributed by atoms with Gasteiger partial charge in [-0.3, -0.25) is 9.78 Å². The first kappa shape index (κ1) is 7.73. The zero-order valence-electron chi connectivity index (χ0n) is 6.81. The van der Waals surface area contributed by atoms with E-state index in [4.69, 9.17) is 4.42 Å². The maximum atomic E-state index is 11.6. The van der Waals surface area contributed by atoms with Crippen molar-refractivity contribution in [2.24, 2.45) is 0 Å². The number of hydrogen-bond donors (Lipinski definition) is 0. The highest BCUT2D eigenvalue weighted by Gasteiger charge is 2.11. The summed E-state index contributed by atoms with van der Waals surface area (Å²) in [6, 6.07) is 8.49. The van der Waals surface area contributed by atoms with Crippen molar-refractivity contribution >= 4 is 5.78 Å². The van der Waals surface area contributed by atoms with E-state index in [2.05, 4.69) is 4.98 Å². The maximum absolute atomic E-state index is 11.6. The van der Waals surface area contributed by atoms with Gasteiger partial charge < -0.3 is 4.42 Å². The average Bonchev–Trinajstić information content (AvgIpc) is 2.71. The number of carbonyl (C=O) groups excluding carboxylic acids is 1. The highest BCUT2D eigenvalue weighted by molar-refractivity contribution is 6.05. The molecule has 13 heavy (non-hydrogen) atoms. The number of hydrogen-bond acceptors (Lipinski definition) is 3. The van der Waals surface area contributed by atoms with Gasteiger partial charge in [0.1, 0.15) is 5.69 Å². The predicted molar refractivity (Wildman–Crippen MR) is 46.4 cm³/mol. The summed E-state index contributed by atoms with van der Waals surface area (Å²) in [4.78, 5) is 15.5. The topological polar surface area (TPSA) is 43.1 Å². The molecule has 0 fully saturated rings. The summed E-state index contributed by atoms with van der Waals surface area (Å²) >= 11 is 0. The molecule has 3 nitrogen and oxygen atoms in total. The monoisotopic (exact) mass is 173 g/mol. The van der Waals surface area contributed by atoms with Gasteiger partial charge in [-0.05, 0) is 24.3 Å². The lowest BCUT2D eigenvalue weighted by Crippen LogP contribution is -2.01. The fraction of sp³-hybridized carbons (Fsp3) is 0. The number of aromatic nitrogens is 1. The SMILES string of the molecule is O=C(c1ccccn1)c1ccco1. The molecule has 0 aliphatic carbocycles. The second-order valence-electron chi connectivity index (χ2n) is 2.52. The zero-order valence-corrected chi connectivity index (χ0v) is 6.81. The molecular formula is C10H7NO2. The van der Waals surface area contributed by atoms with E-state index in [1.165, 1.54) is 6.26 Å². The third-order valence-corrected chi connectivity index (χ3v) is 1.64. The lowest BCUT2D eigenvalue weighted by atomic mass is 10.2. The van der Waals surface area contributed by atoms with Crippen LogP contribution in [0.15, 0.2) is 47.2 Å². The first-order valence-electron chi connectivity index (χ1n) is 3.87. The van der Waals surface area contributed by atoms with Gasteiger partial charge in [0.25, 0.3) is 0 Å². The van der Waals surface area contributed by atoms with Gasteiger partial charge in [0.2, 0.25) is 5.78 Å². The van der Waals surface area contributed by atoms with Crippen LogP contribution < -0.4 is 0 Å². The molecule has 0 spiro atoms. The van der Waals surface area contributed by atoms with Gasteiger partial charge in [-0.2, -0.15) is 0 Å². The van der Waals surface area contributed by atoms with Crippen LogP contribution in [0, 0.1) is 0 Å². The van der Waals surface area contributed by atoms with Crippen molar-refractivity contribution in [3.05, 3.63) is 54.2 Å². The molecule has 0 saturated heterocycles. The molecule has 2 aromatic heterocycles. The molecule has 0 N–H and O–H groups in total. The summed E-state index contributed by atoms with van der Waals surface area (Å²) in [5.41, 5.74) is 0.400. The molecule has 0 amide bonds. The lowest BCUT2D eigenvalue weighted by molar-refractivity contribution is 0.100. The third kappa shape index (κ3) is 1.49. The highest BCUT2D eigenvalue weighted by atomic mass is 16.3. The van der Waals surface area contributed by atoms with E-state index >= 15 is 0 Å². The molecule has 2 heterocycles. The second kappa shape index (κ2) is 3.23. The van der Waals surface area contributed by atoms with Gasteiger partial charge in [0.05, 0.1) is 6.26 Å². The maximum Gasteiger partial charge on any atom is 0.246 e. The highest BCUT2D eigenvalue weighted by Crippen LogP contribution is 2.06. The number of nitrogens with zero attached hydrogens (tertiary/aromatic N) is 1. The van der Waals surface area contributed by atoms with Crippen molar-refractivity contribution in [3.63, 3.8) is 0 Å². The van der Waals surface area contributed by atoms with Crippen LogP contribution in [0.1, 0.15) is 16.2 Å². The van der Waals surface area contributed by atoms with Crippen molar-refractivity contribution < 1.29 is 9.21 Å². The van der Waals surface area contributed by atoms with E-state index in [1.54, 1.807) is 36.5 Å². The molecule has 0 atom stereocenters. The van der Waals surface area contributed by atoms with Crippen LogP contribution >= 0.6 is 0 Å². The number of carbonyl (C=O) groups is 1. The molecule has 0 unspecified atom stereocenters. The summed E-state index contributed by atoms with van der Waals surface area (Å²) in [6.45, 7) is 0. The van der Waals surface area contributed by atoms with Gasteiger partial charge >= 0.3 is 0 Å². The number of ketones is 1. The van der Waals surface area contributed by atoms with Crippen molar-refractivity contribution in [1.82, 2.24) is 4.98 Å². The normalized spacial score (nSPS) is 9.85. The van der Waals surface area contributed by atoms with E-state index in [1.807, 2.05) is 0 Å². The van der Waals surface area contributed by atoms with Crippen LogP contribution in [0.25, 0.3) is 0 Å². The summed E-state index contributed by atoms with van der Waals surface area (Å²) in [6.07, 6.45) is 3.05. The summed E-state index contributed by atoms with van der Waals surface area (Å²) < 4.78 is 4.96. The number of pyridine rings is 1. The first-order valence-corrected chi connectivity index (χ1v) is 3.87. The Balaban J connectivity index is 2.34. The molecule has 0 radical (unpaired) electrons. The van der Waals surface area contributed by atoms with Gasteiger partial charge in [-0.15, -0.1) is 0 Å². The Labute approximate surface area is 75.0 Å². The number of rotatable bonds is 2. The van der Waals surface area contributed by atoms with Crippen LogP contribution in [-0.4, -0.2) is 10.8 Å². The quantitative estimate of drug-likeness (QED) is 0.651. The summed E-state index contributed by atoms with van der Waals surface area (Å²) in [5.74, 6) is 0.129. The van der Waals surface area contributed by atoms with E-state index in [0.29, 0.717) is 11.5 Å². The fourth-order valence-electron chi connectivity index (χ4n) is 1.03. The van der Waals surface area contributed by atoms with Crippen molar-refractivity contribution in [2.75, 3.05) is 0 Å². The second-order valence-corrected chi connectivity index (χ2v) is 2.52. The fourth-order valence-corrected chi connectivity index (χ4v) is 1.03. The molecule has 0 bridgehead atoms. The summed E-state index contributed by atoms with van der Waals surface area (Å²) in [5, 5.41) is 0. The molecule has 0 aliphatic rings. The van der Waals surface area contributed by atoms with Crippen LogP contribution in [0.3, 0.4) is 0 Å². The molecule has 2 rings (SSSR count). The minimum Gasteiger partial charge on any atom is -0.461 e. The Hall–Kier alpha value is -1.90. The Morgan fingerprint density at radius 3 is 2.77 bits per heavy atom. The summed E-state index contributed by atoms with van der Waals surface area (Å²) in [7, 11) is 0. The molecule has 0 saturated carbocycles. The largest absolute Gasteiger partial charge is 0.461 e. The Kier molecular flexibility index (Phi) is 1.92. The van der Waals surface area contributed by atoms with E-state index in [0.717, 1.165) is 0 Å². The minimum absolute atomic E-state index is 0.189.